The van der Waals surface area contributed by atoms with Crippen LogP contribution in [0.1, 0.15) is 19.4 Å². The van der Waals surface area contributed by atoms with Gasteiger partial charge in [0.25, 0.3) is 0 Å². The molecule has 0 spiro atoms. The summed E-state index contributed by atoms with van der Waals surface area (Å²) < 4.78 is 0. The van der Waals surface area contributed by atoms with Gasteiger partial charge in [-0.2, -0.15) is 0 Å². The number of ketones is 1. The number of rotatable bonds is 6. The van der Waals surface area contributed by atoms with Crippen molar-refractivity contribution in [3.05, 3.63) is 35.9 Å². The number of hydrogen-bond donors (Lipinski definition) is 1. The molecule has 98 valence electrons. The Morgan fingerprint density at radius 1 is 1.28 bits per heavy atom. The van der Waals surface area contributed by atoms with Crippen LogP contribution in [-0.2, 0) is 16.0 Å². The van der Waals surface area contributed by atoms with E-state index in [2.05, 4.69) is 14.6 Å². The second kappa shape index (κ2) is 7.27. The van der Waals surface area contributed by atoms with Crippen LogP contribution >= 0.6 is 9.24 Å². The highest BCUT2D eigenvalue weighted by molar-refractivity contribution is 7.16. The van der Waals surface area contributed by atoms with Gasteiger partial charge in [0.15, 0.2) is 5.78 Å². The molecule has 1 aromatic rings. The van der Waals surface area contributed by atoms with Crippen LogP contribution in [0.4, 0.5) is 0 Å². The van der Waals surface area contributed by atoms with Crippen molar-refractivity contribution in [2.24, 2.45) is 5.92 Å². The van der Waals surface area contributed by atoms with Crippen LogP contribution in [0.3, 0.4) is 0 Å². The molecule has 0 saturated carbocycles. The van der Waals surface area contributed by atoms with E-state index in [4.69, 9.17) is 0 Å². The molecule has 0 bridgehead atoms. The average molecular weight is 265 g/mol. The number of carbonyl (C=O) groups is 2. The highest BCUT2D eigenvalue weighted by atomic mass is 31.0. The first-order chi connectivity index (χ1) is 8.54. The Hall–Kier alpha value is -1.21. The van der Waals surface area contributed by atoms with Gasteiger partial charge in [-0.1, -0.05) is 37.3 Å². The van der Waals surface area contributed by atoms with Gasteiger partial charge >= 0.3 is 0 Å². The van der Waals surface area contributed by atoms with E-state index < -0.39 is 6.04 Å². The molecule has 4 heteroatoms. The SMILES string of the molecule is CC(=O)C(Cc1ccccc1)NC(=O)C(C)CP. The van der Waals surface area contributed by atoms with Gasteiger partial charge < -0.3 is 5.32 Å². The fraction of sp³-hybridized carbons (Fsp3) is 0.429. The van der Waals surface area contributed by atoms with Crippen molar-refractivity contribution in [3.63, 3.8) is 0 Å². The zero-order valence-corrected chi connectivity index (χ0v) is 12.0. The minimum Gasteiger partial charge on any atom is -0.346 e. The van der Waals surface area contributed by atoms with E-state index in [-0.39, 0.29) is 17.6 Å². The Labute approximate surface area is 111 Å². The second-order valence-corrected chi connectivity index (χ2v) is 4.97. The second-order valence-electron chi connectivity index (χ2n) is 4.50. The van der Waals surface area contributed by atoms with Gasteiger partial charge in [-0.3, -0.25) is 9.59 Å². The highest BCUT2D eigenvalue weighted by Crippen LogP contribution is 2.06. The molecule has 0 aliphatic carbocycles. The lowest BCUT2D eigenvalue weighted by Crippen LogP contribution is -2.43. The van der Waals surface area contributed by atoms with Crippen LogP contribution < -0.4 is 5.32 Å². The third-order valence-electron chi connectivity index (χ3n) is 2.89. The molecule has 0 saturated heterocycles. The molecule has 0 fully saturated rings. The molecule has 0 aliphatic rings. The topological polar surface area (TPSA) is 46.2 Å². The van der Waals surface area contributed by atoms with Gasteiger partial charge in [0.05, 0.1) is 6.04 Å². The van der Waals surface area contributed by atoms with Gasteiger partial charge in [0.1, 0.15) is 0 Å². The summed E-state index contributed by atoms with van der Waals surface area (Å²) in [6.07, 6.45) is 1.24. The molecule has 0 heterocycles. The maximum Gasteiger partial charge on any atom is 0.223 e. The molecule has 3 atom stereocenters. The molecule has 18 heavy (non-hydrogen) atoms. The summed E-state index contributed by atoms with van der Waals surface area (Å²) in [5.41, 5.74) is 1.05. The van der Waals surface area contributed by atoms with Crippen molar-refractivity contribution in [1.82, 2.24) is 5.32 Å². The van der Waals surface area contributed by atoms with Crippen LogP contribution in [0, 0.1) is 5.92 Å². The largest absolute Gasteiger partial charge is 0.346 e. The lowest BCUT2D eigenvalue weighted by atomic mass is 10.0. The summed E-state index contributed by atoms with van der Waals surface area (Å²) >= 11 is 0. The third kappa shape index (κ3) is 4.58. The first-order valence-corrected chi connectivity index (χ1v) is 6.91. The lowest BCUT2D eigenvalue weighted by molar-refractivity contribution is -0.128. The van der Waals surface area contributed by atoms with Gasteiger partial charge in [-0.05, 0) is 25.1 Å². The van der Waals surface area contributed by atoms with Crippen LogP contribution in [0.15, 0.2) is 30.3 Å². The quantitative estimate of drug-likeness (QED) is 0.797. The molecule has 3 unspecified atom stereocenters. The molecular formula is C14H20NO2P. The molecule has 1 N–H and O–H groups in total. The van der Waals surface area contributed by atoms with E-state index in [0.29, 0.717) is 12.6 Å². The van der Waals surface area contributed by atoms with Gasteiger partial charge in [-0.15, -0.1) is 9.24 Å². The number of amides is 1. The Bertz CT molecular complexity index is 406. The standard InChI is InChI=1S/C14H20NO2P/c1-10(9-18)14(17)15-13(11(2)16)8-12-6-4-3-5-7-12/h3-7,10,13H,8-9,18H2,1-2H3,(H,15,17). The lowest BCUT2D eigenvalue weighted by Gasteiger charge is -2.18. The van der Waals surface area contributed by atoms with E-state index in [1.807, 2.05) is 37.3 Å². The monoisotopic (exact) mass is 265 g/mol. The first kappa shape index (κ1) is 14.8. The van der Waals surface area contributed by atoms with E-state index in [0.717, 1.165) is 5.56 Å². The van der Waals surface area contributed by atoms with Crippen molar-refractivity contribution in [2.45, 2.75) is 26.3 Å². The van der Waals surface area contributed by atoms with Crippen molar-refractivity contribution >= 4 is 20.9 Å². The van der Waals surface area contributed by atoms with Crippen molar-refractivity contribution < 1.29 is 9.59 Å². The van der Waals surface area contributed by atoms with Crippen molar-refractivity contribution in [1.29, 1.82) is 0 Å². The van der Waals surface area contributed by atoms with E-state index >= 15 is 0 Å². The third-order valence-corrected chi connectivity index (χ3v) is 3.60. The molecule has 1 amide bonds. The zero-order chi connectivity index (χ0) is 13.5. The Balaban J connectivity index is 2.67. The smallest absolute Gasteiger partial charge is 0.223 e. The number of Topliss-reactive ketones (excluding diaryl/α,β-unsaturated/α-hetero) is 1. The Morgan fingerprint density at radius 3 is 2.39 bits per heavy atom. The minimum atomic E-state index is -0.432. The first-order valence-electron chi connectivity index (χ1n) is 6.09. The highest BCUT2D eigenvalue weighted by Gasteiger charge is 2.20. The fourth-order valence-corrected chi connectivity index (χ4v) is 1.78. The summed E-state index contributed by atoms with van der Waals surface area (Å²) in [7, 11) is 2.54. The summed E-state index contributed by atoms with van der Waals surface area (Å²) in [6, 6.07) is 9.28. The van der Waals surface area contributed by atoms with Gasteiger partial charge in [0.2, 0.25) is 5.91 Å². The summed E-state index contributed by atoms with van der Waals surface area (Å²) in [6.45, 7) is 3.36. The van der Waals surface area contributed by atoms with E-state index in [1.165, 1.54) is 6.92 Å². The maximum absolute atomic E-state index is 11.8. The number of nitrogens with one attached hydrogen (secondary N) is 1. The van der Waals surface area contributed by atoms with E-state index in [1.54, 1.807) is 0 Å². The number of hydrogen-bond acceptors (Lipinski definition) is 2. The van der Waals surface area contributed by atoms with Crippen LogP contribution in [0.2, 0.25) is 0 Å². The molecule has 3 nitrogen and oxygen atoms in total. The summed E-state index contributed by atoms with van der Waals surface area (Å²) in [5, 5.41) is 2.81. The predicted octanol–water partition coefficient (Wildman–Crippen LogP) is 1.81. The molecule has 0 aliphatic heterocycles. The fourth-order valence-electron chi connectivity index (χ4n) is 1.57. The number of benzene rings is 1. The van der Waals surface area contributed by atoms with Crippen LogP contribution in [0.5, 0.6) is 0 Å². The predicted molar refractivity (Wildman–Crippen MR) is 76.5 cm³/mol. The normalized spacial score (nSPS) is 13.7. The Kier molecular flexibility index (Phi) is 6.00. The summed E-state index contributed by atoms with van der Waals surface area (Å²) in [5.74, 6) is -0.170. The Morgan fingerprint density at radius 2 is 1.89 bits per heavy atom. The maximum atomic E-state index is 11.8. The van der Waals surface area contributed by atoms with E-state index in [9.17, 15) is 9.59 Å². The van der Waals surface area contributed by atoms with Crippen LogP contribution in [-0.4, -0.2) is 23.9 Å². The van der Waals surface area contributed by atoms with Gasteiger partial charge in [0, 0.05) is 5.92 Å². The average Bonchev–Trinajstić information content (AvgIpc) is 2.37. The number of carbonyl (C=O) groups excluding carboxylic acids is 2. The minimum absolute atomic E-state index is 0.0110. The zero-order valence-electron chi connectivity index (χ0n) is 10.8. The van der Waals surface area contributed by atoms with Crippen molar-refractivity contribution in [2.75, 3.05) is 6.16 Å². The molecule has 1 rings (SSSR count). The summed E-state index contributed by atoms with van der Waals surface area (Å²) in [4.78, 5) is 23.4. The molecule has 0 aromatic heterocycles. The molecular weight excluding hydrogens is 245 g/mol. The molecule has 0 radical (unpaired) electrons. The van der Waals surface area contributed by atoms with Gasteiger partial charge in [-0.25, -0.2) is 0 Å². The van der Waals surface area contributed by atoms with Crippen molar-refractivity contribution in [3.8, 4) is 0 Å². The molecule has 1 aromatic carbocycles. The van der Waals surface area contributed by atoms with Crippen LogP contribution in [0.25, 0.3) is 0 Å².